The topological polar surface area (TPSA) is 51.2 Å². The monoisotopic (exact) mass is 204 g/mol. The number of fused-ring (bicyclic) bond motifs is 1. The number of nitrogens with two attached hydrogens (primary N) is 1. The van der Waals surface area contributed by atoms with E-state index in [9.17, 15) is 5.11 Å². The Labute approximate surface area is 89.1 Å². The summed E-state index contributed by atoms with van der Waals surface area (Å²) in [5.41, 5.74) is 7.89. The molecule has 0 spiro atoms. The van der Waals surface area contributed by atoms with E-state index in [1.54, 1.807) is 0 Å². The number of hydrogen-bond donors (Lipinski definition) is 2. The molecule has 1 aromatic carbocycles. The fourth-order valence-corrected chi connectivity index (χ4v) is 1.85. The van der Waals surface area contributed by atoms with Gasteiger partial charge in [-0.05, 0) is 23.1 Å². The maximum Gasteiger partial charge on any atom is 0.0511 e. The molecule has 15 heavy (non-hydrogen) atoms. The summed E-state index contributed by atoms with van der Waals surface area (Å²) in [5, 5.41) is 10.4. The Morgan fingerprint density at radius 2 is 2.20 bits per heavy atom. The summed E-state index contributed by atoms with van der Waals surface area (Å²) in [4.78, 5) is 0. The van der Waals surface area contributed by atoms with Gasteiger partial charge in [-0.25, -0.2) is 0 Å². The van der Waals surface area contributed by atoms with Gasteiger partial charge in [0.05, 0.1) is 6.61 Å². The summed E-state index contributed by atoms with van der Waals surface area (Å²) in [7, 11) is 2.02. The minimum atomic E-state index is 0.0456. The Hall–Kier alpha value is -1.32. The number of aliphatic hydroxyl groups is 1. The number of aryl methyl sites for hydroxylation is 1. The van der Waals surface area contributed by atoms with Gasteiger partial charge in [-0.3, -0.25) is 0 Å². The predicted octanol–water partition coefficient (Wildman–Crippen LogP) is 1.21. The molecule has 1 unspecified atom stereocenters. The zero-order valence-corrected chi connectivity index (χ0v) is 8.85. The van der Waals surface area contributed by atoms with Crippen molar-refractivity contribution >= 4 is 10.9 Å². The first kappa shape index (κ1) is 10.2. The van der Waals surface area contributed by atoms with E-state index in [0.717, 1.165) is 5.56 Å². The van der Waals surface area contributed by atoms with Crippen molar-refractivity contribution in [3.05, 3.63) is 36.0 Å². The van der Waals surface area contributed by atoms with Gasteiger partial charge in [0.1, 0.15) is 0 Å². The van der Waals surface area contributed by atoms with E-state index in [2.05, 4.69) is 22.8 Å². The highest BCUT2D eigenvalue weighted by Gasteiger charge is 2.09. The van der Waals surface area contributed by atoms with Gasteiger partial charge >= 0.3 is 0 Å². The van der Waals surface area contributed by atoms with Crippen LogP contribution in [0.25, 0.3) is 10.9 Å². The predicted molar refractivity (Wildman–Crippen MR) is 61.8 cm³/mol. The molecule has 2 rings (SSSR count). The molecule has 1 atom stereocenters. The second-order valence-electron chi connectivity index (χ2n) is 3.86. The van der Waals surface area contributed by atoms with E-state index >= 15 is 0 Å². The number of aromatic nitrogens is 1. The molecule has 1 heterocycles. The smallest absolute Gasteiger partial charge is 0.0511 e. The van der Waals surface area contributed by atoms with Gasteiger partial charge in [0.15, 0.2) is 0 Å². The molecule has 0 aliphatic rings. The summed E-state index contributed by atoms with van der Waals surface area (Å²) < 4.78 is 2.07. The van der Waals surface area contributed by atoms with Crippen LogP contribution >= 0.6 is 0 Å². The van der Waals surface area contributed by atoms with Gasteiger partial charge in [0.2, 0.25) is 0 Å². The van der Waals surface area contributed by atoms with E-state index < -0.39 is 0 Å². The first-order valence-electron chi connectivity index (χ1n) is 5.12. The maximum absolute atomic E-state index is 9.18. The second-order valence-corrected chi connectivity index (χ2v) is 3.86. The molecule has 0 saturated heterocycles. The van der Waals surface area contributed by atoms with E-state index in [4.69, 9.17) is 5.73 Å². The van der Waals surface area contributed by atoms with Crippen molar-refractivity contribution in [1.82, 2.24) is 4.57 Å². The first-order valence-corrected chi connectivity index (χ1v) is 5.12. The molecule has 0 bridgehead atoms. The third kappa shape index (κ3) is 1.76. The minimum absolute atomic E-state index is 0.0456. The van der Waals surface area contributed by atoms with Crippen molar-refractivity contribution in [3.63, 3.8) is 0 Å². The average molecular weight is 204 g/mol. The van der Waals surface area contributed by atoms with Gasteiger partial charge in [-0.1, -0.05) is 12.1 Å². The van der Waals surface area contributed by atoms with Crippen LogP contribution in [-0.2, 0) is 7.05 Å². The van der Waals surface area contributed by atoms with Crippen LogP contribution in [0.1, 0.15) is 11.5 Å². The van der Waals surface area contributed by atoms with Crippen molar-refractivity contribution in [3.8, 4) is 0 Å². The molecule has 3 N–H and O–H groups in total. The van der Waals surface area contributed by atoms with Crippen molar-refractivity contribution in [2.75, 3.05) is 13.2 Å². The van der Waals surface area contributed by atoms with Crippen LogP contribution in [0.3, 0.4) is 0 Å². The fourth-order valence-electron chi connectivity index (χ4n) is 1.85. The summed E-state index contributed by atoms with van der Waals surface area (Å²) >= 11 is 0. The molecular formula is C12H16N2O. The lowest BCUT2D eigenvalue weighted by atomic mass is 9.99. The molecule has 0 aliphatic heterocycles. The number of benzene rings is 1. The van der Waals surface area contributed by atoms with E-state index in [1.807, 2.05) is 19.3 Å². The Morgan fingerprint density at radius 3 is 2.87 bits per heavy atom. The summed E-state index contributed by atoms with van der Waals surface area (Å²) in [6.07, 6.45) is 2.03. The Morgan fingerprint density at radius 1 is 1.40 bits per heavy atom. The van der Waals surface area contributed by atoms with Crippen LogP contribution in [0.4, 0.5) is 0 Å². The fraction of sp³-hybridized carbons (Fsp3) is 0.333. The normalized spacial score (nSPS) is 13.3. The highest BCUT2D eigenvalue weighted by molar-refractivity contribution is 5.80. The lowest BCUT2D eigenvalue weighted by molar-refractivity contribution is 0.268. The molecule has 80 valence electrons. The molecule has 3 nitrogen and oxygen atoms in total. The molecule has 3 heteroatoms. The van der Waals surface area contributed by atoms with Crippen molar-refractivity contribution in [1.29, 1.82) is 0 Å². The minimum Gasteiger partial charge on any atom is -0.396 e. The number of hydrogen-bond acceptors (Lipinski definition) is 2. The third-order valence-electron chi connectivity index (χ3n) is 2.89. The number of nitrogens with zero attached hydrogens (tertiary/aromatic N) is 1. The molecule has 0 amide bonds. The first-order chi connectivity index (χ1) is 7.26. The zero-order chi connectivity index (χ0) is 10.8. The van der Waals surface area contributed by atoms with Crippen LogP contribution in [-0.4, -0.2) is 22.8 Å². The molecule has 0 aliphatic carbocycles. The van der Waals surface area contributed by atoms with Crippen molar-refractivity contribution in [2.24, 2.45) is 12.8 Å². The van der Waals surface area contributed by atoms with E-state index in [-0.39, 0.29) is 12.5 Å². The standard InChI is InChI=1S/C12H16N2O/c1-14-5-4-9-2-3-10(6-12(9)14)11(7-13)8-15/h2-6,11,15H,7-8,13H2,1H3. The van der Waals surface area contributed by atoms with E-state index in [0.29, 0.717) is 6.54 Å². The Bertz CT molecular complexity index is 458. The molecule has 0 radical (unpaired) electrons. The van der Waals surface area contributed by atoms with Crippen LogP contribution in [0, 0.1) is 0 Å². The van der Waals surface area contributed by atoms with Crippen molar-refractivity contribution in [2.45, 2.75) is 5.92 Å². The lowest BCUT2D eigenvalue weighted by Gasteiger charge is -2.12. The number of aliphatic hydroxyl groups excluding tert-OH is 1. The van der Waals surface area contributed by atoms with E-state index in [1.165, 1.54) is 10.9 Å². The molecule has 1 aromatic heterocycles. The van der Waals surface area contributed by atoms with Crippen LogP contribution in [0.5, 0.6) is 0 Å². The second kappa shape index (κ2) is 4.04. The highest BCUT2D eigenvalue weighted by Crippen LogP contribution is 2.21. The van der Waals surface area contributed by atoms with Gasteiger partial charge in [-0.2, -0.15) is 0 Å². The Balaban J connectivity index is 2.49. The summed E-state index contributed by atoms with van der Waals surface area (Å²) in [6, 6.07) is 8.29. The Kier molecular flexibility index (Phi) is 2.75. The number of rotatable bonds is 3. The van der Waals surface area contributed by atoms with Gasteiger partial charge in [0, 0.05) is 31.2 Å². The lowest BCUT2D eigenvalue weighted by Crippen LogP contribution is -2.15. The molecule has 2 aromatic rings. The average Bonchev–Trinajstić information content (AvgIpc) is 2.62. The SMILES string of the molecule is Cn1ccc2ccc(C(CN)CO)cc21. The molecular weight excluding hydrogens is 188 g/mol. The van der Waals surface area contributed by atoms with Crippen LogP contribution in [0.15, 0.2) is 30.5 Å². The summed E-state index contributed by atoms with van der Waals surface area (Å²) in [6.45, 7) is 0.582. The van der Waals surface area contributed by atoms with Crippen molar-refractivity contribution < 1.29 is 5.11 Å². The molecule has 0 fully saturated rings. The highest BCUT2D eigenvalue weighted by atomic mass is 16.3. The van der Waals surface area contributed by atoms with Crippen LogP contribution < -0.4 is 5.73 Å². The largest absolute Gasteiger partial charge is 0.396 e. The zero-order valence-electron chi connectivity index (χ0n) is 8.85. The maximum atomic E-state index is 9.18. The third-order valence-corrected chi connectivity index (χ3v) is 2.89. The quantitative estimate of drug-likeness (QED) is 0.789. The molecule has 0 saturated carbocycles. The van der Waals surface area contributed by atoms with Gasteiger partial charge in [0.25, 0.3) is 0 Å². The van der Waals surface area contributed by atoms with Gasteiger partial charge < -0.3 is 15.4 Å². The van der Waals surface area contributed by atoms with Crippen LogP contribution in [0.2, 0.25) is 0 Å². The summed E-state index contributed by atoms with van der Waals surface area (Å²) in [5.74, 6) is 0.0456. The van der Waals surface area contributed by atoms with Gasteiger partial charge in [-0.15, -0.1) is 0 Å².